The maximum absolute atomic E-state index is 13.2. The number of fused-ring (bicyclic) bond motifs is 2. The zero-order valence-corrected chi connectivity index (χ0v) is 20.9. The maximum Gasteiger partial charge on any atom is 0.252 e. The van der Waals surface area contributed by atoms with Gasteiger partial charge in [0, 0.05) is 40.6 Å². The van der Waals surface area contributed by atoms with Crippen molar-refractivity contribution in [2.24, 2.45) is 11.8 Å². The fraction of sp³-hybridized carbons (Fsp3) is 0.542. The van der Waals surface area contributed by atoms with Gasteiger partial charge in [-0.3, -0.25) is 4.79 Å². The third kappa shape index (κ3) is 5.15. The van der Waals surface area contributed by atoms with Crippen molar-refractivity contribution in [2.45, 2.75) is 61.4 Å². The Morgan fingerprint density at radius 3 is 2.45 bits per heavy atom. The molecule has 2 heterocycles. The van der Waals surface area contributed by atoms with E-state index in [0.717, 1.165) is 29.6 Å². The van der Waals surface area contributed by atoms with Crippen LogP contribution in [0.1, 0.15) is 53.8 Å². The molecule has 3 unspecified atom stereocenters. The lowest BCUT2D eigenvalue weighted by atomic mass is 9.93. The molecule has 6 nitrogen and oxygen atoms in total. The maximum atomic E-state index is 13.2. The molecule has 178 valence electrons. The van der Waals surface area contributed by atoms with Crippen LogP contribution in [0.5, 0.6) is 0 Å². The van der Waals surface area contributed by atoms with Crippen LogP contribution < -0.4 is 10.6 Å². The van der Waals surface area contributed by atoms with E-state index in [1.165, 1.54) is 37.0 Å². The second-order valence-electron chi connectivity index (χ2n) is 9.54. The van der Waals surface area contributed by atoms with Crippen molar-refractivity contribution in [3.8, 4) is 0 Å². The molecule has 2 bridgehead atoms. The highest BCUT2D eigenvalue weighted by molar-refractivity contribution is 7.91. The first kappa shape index (κ1) is 23.3. The van der Waals surface area contributed by atoms with Crippen LogP contribution in [0.4, 0.5) is 0 Å². The van der Waals surface area contributed by atoms with Gasteiger partial charge in [0.05, 0.1) is 6.54 Å². The normalized spacial score (nSPS) is 26.0. The molecule has 2 aliphatic carbocycles. The van der Waals surface area contributed by atoms with E-state index in [1.54, 1.807) is 40.7 Å². The van der Waals surface area contributed by atoms with E-state index in [4.69, 9.17) is 11.6 Å². The van der Waals surface area contributed by atoms with Crippen LogP contribution >= 0.6 is 22.9 Å². The summed E-state index contributed by atoms with van der Waals surface area (Å²) in [6.07, 6.45) is 7.16. The fourth-order valence-corrected chi connectivity index (χ4v) is 8.65. The van der Waals surface area contributed by atoms with Gasteiger partial charge >= 0.3 is 0 Å². The van der Waals surface area contributed by atoms with E-state index in [2.05, 4.69) is 10.6 Å². The first-order valence-corrected chi connectivity index (χ1v) is 14.4. The highest BCUT2D eigenvalue weighted by Gasteiger charge is 2.40. The number of rotatable bonds is 7. The molecule has 5 rings (SSSR count). The van der Waals surface area contributed by atoms with E-state index in [9.17, 15) is 13.2 Å². The van der Waals surface area contributed by atoms with Gasteiger partial charge in [0.25, 0.3) is 15.9 Å². The summed E-state index contributed by atoms with van der Waals surface area (Å²) >= 11 is 7.09. The first-order valence-electron chi connectivity index (χ1n) is 11.8. The van der Waals surface area contributed by atoms with Crippen molar-refractivity contribution >= 4 is 38.9 Å². The first-order chi connectivity index (χ1) is 15.9. The molecule has 3 fully saturated rings. The zero-order chi connectivity index (χ0) is 23.0. The third-order valence-corrected chi connectivity index (χ3v) is 11.1. The topological polar surface area (TPSA) is 78.5 Å². The van der Waals surface area contributed by atoms with Crippen LogP contribution in [0.15, 0.2) is 40.6 Å². The minimum atomic E-state index is -3.50. The highest BCUT2D eigenvalue weighted by Crippen LogP contribution is 2.44. The van der Waals surface area contributed by atoms with E-state index < -0.39 is 10.0 Å². The van der Waals surface area contributed by atoms with E-state index in [1.807, 2.05) is 0 Å². The van der Waals surface area contributed by atoms with Gasteiger partial charge in [-0.25, -0.2) is 8.42 Å². The van der Waals surface area contributed by atoms with Gasteiger partial charge in [-0.2, -0.15) is 4.31 Å². The van der Waals surface area contributed by atoms with Crippen LogP contribution in [0.25, 0.3) is 0 Å². The van der Waals surface area contributed by atoms with Crippen molar-refractivity contribution in [2.75, 3.05) is 13.1 Å². The van der Waals surface area contributed by atoms with Crippen molar-refractivity contribution in [3.05, 3.63) is 51.9 Å². The van der Waals surface area contributed by atoms with Crippen molar-refractivity contribution < 1.29 is 13.2 Å². The lowest BCUT2D eigenvalue weighted by molar-refractivity contribution is 0.0951. The summed E-state index contributed by atoms with van der Waals surface area (Å²) in [4.78, 5) is 13.1. The minimum absolute atomic E-state index is 0.213. The Labute approximate surface area is 204 Å². The second-order valence-corrected chi connectivity index (χ2v) is 13.3. The Balaban J connectivity index is 1.13. The average molecular weight is 508 g/mol. The summed E-state index contributed by atoms with van der Waals surface area (Å²) in [5, 5.41) is 7.26. The molecule has 3 atom stereocenters. The summed E-state index contributed by atoms with van der Waals surface area (Å²) in [7, 11) is -3.50. The molecule has 33 heavy (non-hydrogen) atoms. The number of hydrogen-bond acceptors (Lipinski definition) is 5. The van der Waals surface area contributed by atoms with Crippen molar-refractivity contribution in [1.29, 1.82) is 0 Å². The summed E-state index contributed by atoms with van der Waals surface area (Å²) in [5.41, 5.74) is 0.519. The van der Waals surface area contributed by atoms with Crippen LogP contribution in [-0.2, 0) is 16.6 Å². The van der Waals surface area contributed by atoms with Gasteiger partial charge in [-0.05, 0) is 80.3 Å². The number of piperidine rings is 1. The Morgan fingerprint density at radius 2 is 1.79 bits per heavy atom. The number of benzene rings is 1. The number of nitrogens with one attached hydrogen (secondary N) is 2. The lowest BCUT2D eigenvalue weighted by Crippen LogP contribution is -2.48. The average Bonchev–Trinajstić information content (AvgIpc) is 3.56. The van der Waals surface area contributed by atoms with E-state index >= 15 is 0 Å². The molecular formula is C24H30ClN3O3S2. The lowest BCUT2D eigenvalue weighted by Gasteiger charge is -2.35. The van der Waals surface area contributed by atoms with Crippen LogP contribution in [0.2, 0.25) is 5.02 Å². The molecule has 2 aromatic rings. The summed E-state index contributed by atoms with van der Waals surface area (Å²) in [6.45, 7) is 1.40. The summed E-state index contributed by atoms with van der Waals surface area (Å²) in [6, 6.07) is 11.2. The van der Waals surface area contributed by atoms with Crippen LogP contribution in [0.3, 0.4) is 0 Å². The number of sulfonamides is 1. The number of carbonyl (C=O) groups is 1. The highest BCUT2D eigenvalue weighted by atomic mass is 35.5. The van der Waals surface area contributed by atoms with Crippen molar-refractivity contribution in [1.82, 2.24) is 14.9 Å². The largest absolute Gasteiger partial charge is 0.347 e. The van der Waals surface area contributed by atoms with Gasteiger partial charge in [0.15, 0.2) is 0 Å². The Hall–Kier alpha value is -1.45. The van der Waals surface area contributed by atoms with Gasteiger partial charge in [-0.15, -0.1) is 11.3 Å². The molecule has 0 spiro atoms. The number of carbonyl (C=O) groups excluding carboxylic acids is 1. The van der Waals surface area contributed by atoms with Gasteiger partial charge in [0.2, 0.25) is 0 Å². The molecule has 1 aliphatic heterocycles. The summed E-state index contributed by atoms with van der Waals surface area (Å²) in [5.74, 6) is 1.54. The van der Waals surface area contributed by atoms with Gasteiger partial charge in [-0.1, -0.05) is 18.0 Å². The SMILES string of the molecule is O=C(NCc1ccc(S(=O)(=O)N2CCC(NC3CC4CCC3C4)CC2)s1)c1ccc(Cl)cc1. The number of halogens is 1. The number of amides is 1. The van der Waals surface area contributed by atoms with E-state index in [0.29, 0.717) is 40.0 Å². The number of hydrogen-bond donors (Lipinski definition) is 2. The van der Waals surface area contributed by atoms with Crippen LogP contribution in [0, 0.1) is 11.8 Å². The molecule has 1 saturated heterocycles. The predicted octanol–water partition coefficient (Wildman–Crippen LogP) is 4.26. The molecule has 1 amide bonds. The Kier molecular flexibility index (Phi) is 6.82. The Morgan fingerprint density at radius 1 is 1.03 bits per heavy atom. The van der Waals surface area contributed by atoms with Crippen molar-refractivity contribution in [3.63, 3.8) is 0 Å². The standard InChI is InChI=1S/C24H30ClN3O3S2/c25-19-5-3-17(4-6-19)24(29)26-15-21-7-8-23(32-21)33(30,31)28-11-9-20(10-12-28)27-22-14-16-1-2-18(22)13-16/h3-8,16,18,20,22,27H,1-2,9-15H2,(H,26,29). The smallest absolute Gasteiger partial charge is 0.252 e. The number of nitrogens with zero attached hydrogens (tertiary/aromatic N) is 1. The van der Waals surface area contributed by atoms with E-state index in [-0.39, 0.29) is 12.5 Å². The van der Waals surface area contributed by atoms with Gasteiger partial charge in [0.1, 0.15) is 4.21 Å². The molecule has 1 aromatic carbocycles. The second kappa shape index (κ2) is 9.66. The minimum Gasteiger partial charge on any atom is -0.347 e. The number of thiophene rings is 1. The molecule has 2 saturated carbocycles. The molecule has 2 N–H and O–H groups in total. The zero-order valence-electron chi connectivity index (χ0n) is 18.5. The monoisotopic (exact) mass is 507 g/mol. The predicted molar refractivity (Wildman–Crippen MR) is 131 cm³/mol. The molecule has 1 aromatic heterocycles. The Bertz CT molecular complexity index is 1090. The molecular weight excluding hydrogens is 478 g/mol. The quantitative estimate of drug-likeness (QED) is 0.587. The molecule has 0 radical (unpaired) electrons. The van der Waals surface area contributed by atoms with Crippen LogP contribution in [-0.4, -0.2) is 43.8 Å². The summed E-state index contributed by atoms with van der Waals surface area (Å²) < 4.78 is 28.3. The fourth-order valence-electron chi connectivity index (χ4n) is 5.60. The third-order valence-electron chi connectivity index (χ3n) is 7.40. The molecule has 3 aliphatic rings. The molecule has 9 heteroatoms. The van der Waals surface area contributed by atoms with Gasteiger partial charge < -0.3 is 10.6 Å².